The zero-order valence-electron chi connectivity index (χ0n) is 12.1. The maximum Gasteiger partial charge on any atom is 0.208 e. The van der Waals surface area contributed by atoms with Gasteiger partial charge in [0.15, 0.2) is 5.96 Å². The number of nitrogens with two attached hydrogens (primary N) is 1. The van der Waals surface area contributed by atoms with Crippen molar-refractivity contribution in [2.45, 2.75) is 20.3 Å². The van der Waals surface area contributed by atoms with Crippen LogP contribution in [0.3, 0.4) is 0 Å². The molecule has 0 aliphatic heterocycles. The van der Waals surface area contributed by atoms with Gasteiger partial charge in [-0.3, -0.25) is 4.99 Å². The maximum atomic E-state index is 10.8. The molecule has 1 aromatic carbocycles. The second kappa shape index (κ2) is 7.25. The second-order valence-corrected chi connectivity index (χ2v) is 6.54. The molecule has 20 heavy (non-hydrogen) atoms. The van der Waals surface area contributed by atoms with Crippen molar-refractivity contribution in [3.8, 4) is 0 Å². The van der Waals surface area contributed by atoms with Crippen LogP contribution in [-0.2, 0) is 10.0 Å². The number of hydrogen-bond donors (Lipinski definition) is 3. The smallest absolute Gasteiger partial charge is 0.208 e. The van der Waals surface area contributed by atoms with E-state index in [1.807, 2.05) is 32.0 Å². The summed E-state index contributed by atoms with van der Waals surface area (Å²) < 4.78 is 24.1. The molecule has 112 valence electrons. The Bertz CT molecular complexity index is 582. The Labute approximate surface area is 120 Å². The number of benzene rings is 1. The van der Waals surface area contributed by atoms with E-state index in [-0.39, 0.29) is 0 Å². The minimum Gasteiger partial charge on any atom is -0.370 e. The average molecular weight is 298 g/mol. The van der Waals surface area contributed by atoms with Crippen LogP contribution in [0.25, 0.3) is 0 Å². The molecule has 0 unspecified atom stereocenters. The molecular formula is C13H22N4O2S. The molecule has 0 saturated carbocycles. The van der Waals surface area contributed by atoms with Crippen molar-refractivity contribution >= 4 is 21.7 Å². The Morgan fingerprint density at radius 2 is 2.00 bits per heavy atom. The van der Waals surface area contributed by atoms with Crippen molar-refractivity contribution in [1.29, 1.82) is 0 Å². The van der Waals surface area contributed by atoms with Crippen LogP contribution in [0, 0.1) is 13.8 Å². The van der Waals surface area contributed by atoms with Gasteiger partial charge in [-0.25, -0.2) is 13.1 Å². The summed E-state index contributed by atoms with van der Waals surface area (Å²) in [6.45, 7) is 4.90. The lowest BCUT2D eigenvalue weighted by Gasteiger charge is -2.08. The highest BCUT2D eigenvalue weighted by molar-refractivity contribution is 7.88. The highest BCUT2D eigenvalue weighted by Gasteiger charge is 1.99. The summed E-state index contributed by atoms with van der Waals surface area (Å²) in [7, 11) is -3.13. The summed E-state index contributed by atoms with van der Waals surface area (Å²) >= 11 is 0. The lowest BCUT2D eigenvalue weighted by atomic mass is 10.1. The predicted octanol–water partition coefficient (Wildman–Crippen LogP) is 0.969. The molecule has 1 aromatic rings. The number of nitrogens with zero attached hydrogens (tertiary/aromatic N) is 1. The summed E-state index contributed by atoms with van der Waals surface area (Å²) in [4.78, 5) is 4.14. The largest absolute Gasteiger partial charge is 0.370 e. The van der Waals surface area contributed by atoms with Crippen LogP contribution in [0.5, 0.6) is 0 Å². The molecule has 1 rings (SSSR count). The SMILES string of the molecule is Cc1ccc(NC(N)=NCCCNS(C)(=O)=O)cc1C. The standard InChI is InChI=1S/C13H22N4O2S/c1-10-5-6-12(9-11(10)2)17-13(14)15-7-4-8-16-20(3,18)19/h5-6,9,16H,4,7-8H2,1-3H3,(H3,14,15,17). The molecule has 0 radical (unpaired) electrons. The van der Waals surface area contributed by atoms with Gasteiger partial charge in [-0.1, -0.05) is 6.07 Å². The molecule has 0 atom stereocenters. The van der Waals surface area contributed by atoms with Crippen LogP contribution in [0.4, 0.5) is 5.69 Å². The van der Waals surface area contributed by atoms with Crippen molar-refractivity contribution in [2.75, 3.05) is 24.7 Å². The third-order valence-corrected chi connectivity index (χ3v) is 3.49. The second-order valence-electron chi connectivity index (χ2n) is 4.71. The molecule has 0 fully saturated rings. The van der Waals surface area contributed by atoms with Crippen LogP contribution in [0.15, 0.2) is 23.2 Å². The maximum absolute atomic E-state index is 10.8. The lowest BCUT2D eigenvalue weighted by Crippen LogP contribution is -2.25. The van der Waals surface area contributed by atoms with E-state index in [2.05, 4.69) is 15.0 Å². The fourth-order valence-electron chi connectivity index (χ4n) is 1.54. The topological polar surface area (TPSA) is 96.6 Å². The zero-order valence-corrected chi connectivity index (χ0v) is 12.9. The van der Waals surface area contributed by atoms with E-state index in [0.29, 0.717) is 25.5 Å². The molecule has 0 aromatic heterocycles. The molecule has 0 aliphatic rings. The summed E-state index contributed by atoms with van der Waals surface area (Å²) in [5.74, 6) is 0.326. The first kappa shape index (κ1) is 16.5. The highest BCUT2D eigenvalue weighted by Crippen LogP contribution is 2.13. The lowest BCUT2D eigenvalue weighted by molar-refractivity contribution is 0.586. The first-order valence-corrected chi connectivity index (χ1v) is 8.26. The van der Waals surface area contributed by atoms with Gasteiger partial charge < -0.3 is 11.1 Å². The molecule has 6 nitrogen and oxygen atoms in total. The first-order valence-electron chi connectivity index (χ1n) is 6.37. The summed E-state index contributed by atoms with van der Waals surface area (Å²) in [6.07, 6.45) is 1.73. The van der Waals surface area contributed by atoms with Crippen molar-refractivity contribution in [2.24, 2.45) is 10.7 Å². The molecule has 4 N–H and O–H groups in total. The Hall–Kier alpha value is -1.60. The molecule has 0 heterocycles. The van der Waals surface area contributed by atoms with E-state index in [4.69, 9.17) is 5.73 Å². The molecule has 0 spiro atoms. The van der Waals surface area contributed by atoms with Crippen LogP contribution < -0.4 is 15.8 Å². The number of rotatable bonds is 6. The summed E-state index contributed by atoms with van der Waals surface area (Å²) in [5.41, 5.74) is 9.06. The Kier molecular flexibility index (Phi) is 5.97. The highest BCUT2D eigenvalue weighted by atomic mass is 32.2. The van der Waals surface area contributed by atoms with Crippen LogP contribution in [-0.4, -0.2) is 33.7 Å². The third kappa shape index (κ3) is 6.53. The molecule has 0 amide bonds. The van der Waals surface area contributed by atoms with Crippen molar-refractivity contribution < 1.29 is 8.42 Å². The minimum absolute atomic E-state index is 0.326. The molecular weight excluding hydrogens is 276 g/mol. The number of sulfonamides is 1. The van der Waals surface area contributed by atoms with E-state index < -0.39 is 10.0 Å². The monoisotopic (exact) mass is 298 g/mol. The van der Waals surface area contributed by atoms with Gasteiger partial charge in [0.05, 0.1) is 6.26 Å². The van der Waals surface area contributed by atoms with Crippen molar-refractivity contribution in [3.05, 3.63) is 29.3 Å². The minimum atomic E-state index is -3.13. The van der Waals surface area contributed by atoms with Gasteiger partial charge in [0.25, 0.3) is 0 Å². The predicted molar refractivity (Wildman–Crippen MR) is 83.5 cm³/mol. The van der Waals surface area contributed by atoms with Gasteiger partial charge in [0.1, 0.15) is 0 Å². The van der Waals surface area contributed by atoms with Crippen LogP contribution in [0.1, 0.15) is 17.5 Å². The van der Waals surface area contributed by atoms with Crippen LogP contribution >= 0.6 is 0 Å². The Morgan fingerprint density at radius 1 is 1.30 bits per heavy atom. The van der Waals surface area contributed by atoms with Gasteiger partial charge in [-0.2, -0.15) is 0 Å². The number of guanidine groups is 1. The Morgan fingerprint density at radius 3 is 2.60 bits per heavy atom. The molecule has 0 aliphatic carbocycles. The number of nitrogens with one attached hydrogen (secondary N) is 2. The zero-order chi connectivity index (χ0) is 15.2. The van der Waals surface area contributed by atoms with Gasteiger partial charge in [-0.05, 0) is 43.5 Å². The van der Waals surface area contributed by atoms with E-state index in [1.54, 1.807) is 0 Å². The Balaban J connectivity index is 2.40. The summed E-state index contributed by atoms with van der Waals surface area (Å²) in [6, 6.07) is 5.96. The van der Waals surface area contributed by atoms with Crippen molar-refractivity contribution in [3.63, 3.8) is 0 Å². The third-order valence-electron chi connectivity index (χ3n) is 2.76. The van der Waals surface area contributed by atoms with Crippen molar-refractivity contribution in [1.82, 2.24) is 4.72 Å². The van der Waals surface area contributed by atoms with Gasteiger partial charge in [0.2, 0.25) is 10.0 Å². The number of hydrogen-bond acceptors (Lipinski definition) is 3. The van der Waals surface area contributed by atoms with Crippen LogP contribution in [0.2, 0.25) is 0 Å². The molecule has 0 saturated heterocycles. The quantitative estimate of drug-likeness (QED) is 0.414. The molecule has 0 bridgehead atoms. The fourth-order valence-corrected chi connectivity index (χ4v) is 2.06. The fraction of sp³-hybridized carbons (Fsp3) is 0.462. The average Bonchev–Trinajstić information content (AvgIpc) is 2.32. The van der Waals surface area contributed by atoms with E-state index in [0.717, 1.165) is 11.9 Å². The number of aliphatic imine (C=N–C) groups is 1. The van der Waals surface area contributed by atoms with Gasteiger partial charge in [0, 0.05) is 18.8 Å². The molecule has 7 heteroatoms. The first-order chi connectivity index (χ1) is 9.28. The number of aryl methyl sites for hydroxylation is 2. The number of anilines is 1. The van der Waals surface area contributed by atoms with Gasteiger partial charge >= 0.3 is 0 Å². The normalized spacial score (nSPS) is 12.4. The van der Waals surface area contributed by atoms with E-state index in [1.165, 1.54) is 11.1 Å². The van der Waals surface area contributed by atoms with E-state index >= 15 is 0 Å². The summed E-state index contributed by atoms with van der Waals surface area (Å²) in [5, 5.41) is 3.01. The van der Waals surface area contributed by atoms with Gasteiger partial charge in [-0.15, -0.1) is 0 Å². The van der Waals surface area contributed by atoms with E-state index in [9.17, 15) is 8.42 Å².